The number of pyridine rings is 1. The van der Waals surface area contributed by atoms with Gasteiger partial charge in [-0.2, -0.15) is 0 Å². The second-order valence-electron chi connectivity index (χ2n) is 3.95. The highest BCUT2D eigenvalue weighted by atomic mass is 35.5. The van der Waals surface area contributed by atoms with Crippen molar-refractivity contribution < 1.29 is 9.90 Å². The van der Waals surface area contributed by atoms with Crippen LogP contribution >= 0.6 is 23.4 Å². The summed E-state index contributed by atoms with van der Waals surface area (Å²) in [6.45, 7) is 0. The summed E-state index contributed by atoms with van der Waals surface area (Å²) in [6.07, 6.45) is 1.98. The van der Waals surface area contributed by atoms with Gasteiger partial charge in [0.05, 0.1) is 10.0 Å². The molecular weight excluding hydrogens is 282 g/mol. The van der Waals surface area contributed by atoms with Crippen LogP contribution in [0.4, 0.5) is 0 Å². The van der Waals surface area contributed by atoms with Crippen LogP contribution in [-0.2, 0) is 11.2 Å². The number of rotatable bonds is 5. The lowest BCUT2D eigenvalue weighted by molar-refractivity contribution is -0.136. The summed E-state index contributed by atoms with van der Waals surface area (Å²) in [6, 6.07) is 13.0. The molecule has 0 amide bonds. The van der Waals surface area contributed by atoms with E-state index in [-0.39, 0.29) is 0 Å². The van der Waals surface area contributed by atoms with E-state index in [1.807, 2.05) is 30.3 Å². The summed E-state index contributed by atoms with van der Waals surface area (Å²) in [7, 11) is 0. The SMILES string of the molecule is O=C(O)C(Cc1ccccc1)Sc1ccc(Cl)cn1. The molecule has 0 saturated carbocycles. The molecule has 5 heteroatoms. The van der Waals surface area contributed by atoms with Gasteiger partial charge >= 0.3 is 5.97 Å². The van der Waals surface area contributed by atoms with Gasteiger partial charge in [0, 0.05) is 6.20 Å². The summed E-state index contributed by atoms with van der Waals surface area (Å²) in [5.74, 6) is -0.842. The third-order valence-electron chi connectivity index (χ3n) is 2.50. The van der Waals surface area contributed by atoms with E-state index in [0.717, 1.165) is 5.56 Å². The Bertz CT molecular complexity index is 545. The number of hydrogen-bond acceptors (Lipinski definition) is 3. The predicted octanol–water partition coefficient (Wildman–Crippen LogP) is 3.52. The maximum Gasteiger partial charge on any atom is 0.317 e. The minimum atomic E-state index is -0.842. The molecule has 0 aliphatic carbocycles. The largest absolute Gasteiger partial charge is 0.480 e. The van der Waals surface area contributed by atoms with Crippen molar-refractivity contribution in [3.8, 4) is 0 Å². The average molecular weight is 294 g/mol. The predicted molar refractivity (Wildman–Crippen MR) is 76.7 cm³/mol. The van der Waals surface area contributed by atoms with Gasteiger partial charge in [0.1, 0.15) is 5.25 Å². The highest BCUT2D eigenvalue weighted by molar-refractivity contribution is 8.00. The van der Waals surface area contributed by atoms with E-state index in [4.69, 9.17) is 11.6 Å². The molecule has 2 rings (SSSR count). The zero-order valence-corrected chi connectivity index (χ0v) is 11.6. The minimum absolute atomic E-state index is 0.463. The van der Waals surface area contributed by atoms with Gasteiger partial charge < -0.3 is 5.11 Å². The van der Waals surface area contributed by atoms with Crippen LogP contribution in [0.5, 0.6) is 0 Å². The smallest absolute Gasteiger partial charge is 0.317 e. The van der Waals surface area contributed by atoms with Crippen LogP contribution < -0.4 is 0 Å². The number of nitrogens with zero attached hydrogens (tertiary/aromatic N) is 1. The van der Waals surface area contributed by atoms with Gasteiger partial charge in [-0.05, 0) is 24.1 Å². The van der Waals surface area contributed by atoms with Crippen molar-refractivity contribution in [2.45, 2.75) is 16.7 Å². The standard InChI is InChI=1S/C14H12ClNO2S/c15-11-6-7-13(16-9-11)19-12(14(17)18)8-10-4-2-1-3-5-10/h1-7,9,12H,8H2,(H,17,18). The Labute approximate surface area is 120 Å². The summed E-state index contributed by atoms with van der Waals surface area (Å²) >= 11 is 6.98. The number of carboxylic acid groups (broad SMARTS) is 1. The number of aliphatic carboxylic acids is 1. The van der Waals surface area contributed by atoms with Crippen molar-refractivity contribution in [3.63, 3.8) is 0 Å². The molecule has 0 aliphatic rings. The van der Waals surface area contributed by atoms with Crippen molar-refractivity contribution >= 4 is 29.3 Å². The van der Waals surface area contributed by atoms with E-state index < -0.39 is 11.2 Å². The maximum absolute atomic E-state index is 11.3. The van der Waals surface area contributed by atoms with Crippen molar-refractivity contribution in [1.82, 2.24) is 4.98 Å². The fraction of sp³-hybridized carbons (Fsp3) is 0.143. The van der Waals surface area contributed by atoms with Crippen molar-refractivity contribution in [1.29, 1.82) is 0 Å². The topological polar surface area (TPSA) is 50.2 Å². The van der Waals surface area contributed by atoms with Crippen LogP contribution in [-0.4, -0.2) is 21.3 Å². The quantitative estimate of drug-likeness (QED) is 0.857. The van der Waals surface area contributed by atoms with Crippen LogP contribution in [0.3, 0.4) is 0 Å². The second-order valence-corrected chi connectivity index (χ2v) is 5.61. The Balaban J connectivity index is 2.08. The first-order valence-corrected chi connectivity index (χ1v) is 6.96. The van der Waals surface area contributed by atoms with Gasteiger partial charge in [0.15, 0.2) is 0 Å². The van der Waals surface area contributed by atoms with E-state index in [9.17, 15) is 9.90 Å². The lowest BCUT2D eigenvalue weighted by Gasteiger charge is -2.11. The number of aromatic nitrogens is 1. The number of thioether (sulfide) groups is 1. The summed E-state index contributed by atoms with van der Waals surface area (Å²) in [5.41, 5.74) is 0.997. The molecule has 0 saturated heterocycles. The maximum atomic E-state index is 11.3. The van der Waals surface area contributed by atoms with Crippen LogP contribution in [0.1, 0.15) is 5.56 Å². The monoisotopic (exact) mass is 293 g/mol. The van der Waals surface area contributed by atoms with Gasteiger partial charge in [-0.1, -0.05) is 53.7 Å². The summed E-state index contributed by atoms with van der Waals surface area (Å²) in [4.78, 5) is 15.4. The van der Waals surface area contributed by atoms with E-state index in [0.29, 0.717) is 16.5 Å². The zero-order chi connectivity index (χ0) is 13.7. The summed E-state index contributed by atoms with van der Waals surface area (Å²) < 4.78 is 0. The Hall–Kier alpha value is -1.52. The van der Waals surface area contributed by atoms with Gasteiger partial charge in [-0.25, -0.2) is 4.98 Å². The molecule has 0 spiro atoms. The molecule has 2 aromatic rings. The van der Waals surface area contributed by atoms with Gasteiger partial charge in [0.25, 0.3) is 0 Å². The van der Waals surface area contributed by atoms with Crippen LogP contribution in [0.2, 0.25) is 5.02 Å². The Morgan fingerprint density at radius 3 is 2.58 bits per heavy atom. The van der Waals surface area contributed by atoms with Gasteiger partial charge in [-0.3, -0.25) is 4.79 Å². The highest BCUT2D eigenvalue weighted by Crippen LogP contribution is 2.25. The molecule has 1 aromatic carbocycles. The number of benzene rings is 1. The molecule has 98 valence electrons. The van der Waals surface area contributed by atoms with E-state index >= 15 is 0 Å². The lowest BCUT2D eigenvalue weighted by atomic mass is 10.1. The van der Waals surface area contributed by atoms with E-state index in [2.05, 4.69) is 4.98 Å². The third-order valence-corrected chi connectivity index (χ3v) is 3.86. The van der Waals surface area contributed by atoms with E-state index in [1.54, 1.807) is 12.1 Å². The molecule has 19 heavy (non-hydrogen) atoms. The van der Waals surface area contributed by atoms with Crippen molar-refractivity contribution in [2.24, 2.45) is 0 Å². The molecule has 1 aromatic heterocycles. The molecule has 0 fully saturated rings. The normalized spacial score (nSPS) is 12.1. The molecule has 0 radical (unpaired) electrons. The van der Waals surface area contributed by atoms with Crippen molar-refractivity contribution in [3.05, 3.63) is 59.2 Å². The van der Waals surface area contributed by atoms with Gasteiger partial charge in [-0.15, -0.1) is 0 Å². The number of carboxylic acids is 1. The van der Waals surface area contributed by atoms with Crippen LogP contribution in [0, 0.1) is 0 Å². The summed E-state index contributed by atoms with van der Waals surface area (Å²) in [5, 5.41) is 9.92. The molecule has 0 aliphatic heterocycles. The highest BCUT2D eigenvalue weighted by Gasteiger charge is 2.20. The first-order chi connectivity index (χ1) is 9.15. The second kappa shape index (κ2) is 6.59. The molecule has 1 atom stereocenters. The average Bonchev–Trinajstić information content (AvgIpc) is 2.41. The first kappa shape index (κ1) is 13.9. The molecule has 1 heterocycles. The number of hydrogen-bond donors (Lipinski definition) is 1. The molecule has 1 N–H and O–H groups in total. The number of halogens is 1. The lowest BCUT2D eigenvalue weighted by Crippen LogP contribution is -2.19. The zero-order valence-electron chi connectivity index (χ0n) is 9.99. The van der Waals surface area contributed by atoms with Crippen LogP contribution in [0.15, 0.2) is 53.7 Å². The van der Waals surface area contributed by atoms with Crippen molar-refractivity contribution in [2.75, 3.05) is 0 Å². The van der Waals surface area contributed by atoms with E-state index in [1.165, 1.54) is 18.0 Å². The Kier molecular flexibility index (Phi) is 4.82. The Morgan fingerprint density at radius 1 is 1.26 bits per heavy atom. The molecular formula is C14H12ClNO2S. The minimum Gasteiger partial charge on any atom is -0.480 e. The fourth-order valence-corrected chi connectivity index (χ4v) is 2.63. The third kappa shape index (κ3) is 4.26. The molecule has 1 unspecified atom stereocenters. The fourth-order valence-electron chi connectivity index (χ4n) is 1.59. The number of carbonyl (C=O) groups is 1. The van der Waals surface area contributed by atoms with Crippen LogP contribution in [0.25, 0.3) is 0 Å². The molecule has 0 bridgehead atoms. The first-order valence-electron chi connectivity index (χ1n) is 5.70. The van der Waals surface area contributed by atoms with Gasteiger partial charge in [0.2, 0.25) is 0 Å². The molecule has 3 nitrogen and oxygen atoms in total. The Morgan fingerprint density at radius 2 is 2.00 bits per heavy atom.